The lowest BCUT2D eigenvalue weighted by atomic mass is 10.2. The third-order valence-electron chi connectivity index (χ3n) is 2.62. The van der Waals surface area contributed by atoms with E-state index in [1.807, 2.05) is 0 Å². The van der Waals surface area contributed by atoms with Gasteiger partial charge in [0, 0.05) is 12.7 Å². The summed E-state index contributed by atoms with van der Waals surface area (Å²) in [6.45, 7) is 0.357. The fourth-order valence-corrected chi connectivity index (χ4v) is 3.21. The molecular weight excluding hydrogens is 317 g/mol. The number of rotatable bonds is 6. The number of halogens is 1. The summed E-state index contributed by atoms with van der Waals surface area (Å²) in [6, 6.07) is 3.63. The molecule has 1 aromatic heterocycles. The van der Waals surface area contributed by atoms with E-state index in [9.17, 15) is 12.8 Å². The van der Waals surface area contributed by atoms with Crippen molar-refractivity contribution < 1.29 is 12.8 Å². The molecule has 2 rings (SSSR count). The second kappa shape index (κ2) is 6.24. The molecule has 0 saturated carbocycles. The van der Waals surface area contributed by atoms with Crippen LogP contribution in [0.3, 0.4) is 0 Å². The average Bonchev–Trinajstić information content (AvgIpc) is 2.91. The largest absolute Gasteiger partial charge is 0.389 e. The summed E-state index contributed by atoms with van der Waals surface area (Å²) in [5, 5.41) is 7.30. The van der Waals surface area contributed by atoms with E-state index in [2.05, 4.69) is 15.0 Å². The Kier molecular flexibility index (Phi) is 4.60. The topological polar surface area (TPSA) is 103 Å². The first-order valence-corrected chi connectivity index (χ1v) is 7.73. The number of thiocarbonyl (C=S) groups is 1. The third kappa shape index (κ3) is 3.60. The maximum absolute atomic E-state index is 13.7. The molecule has 0 radical (unpaired) electrons. The van der Waals surface area contributed by atoms with E-state index in [0.717, 1.165) is 6.07 Å². The van der Waals surface area contributed by atoms with Crippen LogP contribution in [-0.4, -0.2) is 34.9 Å². The molecule has 7 nitrogen and oxygen atoms in total. The molecule has 10 heteroatoms. The highest BCUT2D eigenvalue weighted by molar-refractivity contribution is 7.89. The van der Waals surface area contributed by atoms with Gasteiger partial charge in [-0.3, -0.25) is 4.68 Å². The molecule has 0 spiro atoms. The van der Waals surface area contributed by atoms with E-state index < -0.39 is 15.8 Å². The number of aromatic nitrogens is 3. The van der Waals surface area contributed by atoms with Gasteiger partial charge in [-0.2, -0.15) is 0 Å². The van der Waals surface area contributed by atoms with Gasteiger partial charge < -0.3 is 5.73 Å². The van der Waals surface area contributed by atoms with Crippen molar-refractivity contribution in [3.8, 4) is 0 Å². The zero-order valence-corrected chi connectivity index (χ0v) is 12.4. The van der Waals surface area contributed by atoms with Gasteiger partial charge >= 0.3 is 0 Å². The van der Waals surface area contributed by atoms with Crippen LogP contribution in [0.1, 0.15) is 5.56 Å². The van der Waals surface area contributed by atoms with Gasteiger partial charge in [0.05, 0.1) is 23.2 Å². The quantitative estimate of drug-likeness (QED) is 0.725. The molecule has 112 valence electrons. The van der Waals surface area contributed by atoms with Crippen LogP contribution in [0.5, 0.6) is 0 Å². The Hall–Kier alpha value is -1.91. The summed E-state index contributed by atoms with van der Waals surface area (Å²) in [4.78, 5) is -0.599. The number of nitrogens with two attached hydrogens (primary N) is 1. The van der Waals surface area contributed by atoms with E-state index in [1.165, 1.54) is 23.0 Å². The predicted molar refractivity (Wildman–Crippen MR) is 77.5 cm³/mol. The van der Waals surface area contributed by atoms with Gasteiger partial charge in [-0.25, -0.2) is 17.5 Å². The van der Waals surface area contributed by atoms with Crippen molar-refractivity contribution in [2.24, 2.45) is 5.73 Å². The standard InChI is InChI=1S/C11H12FN5O2S2/c12-8-2-1-3-9(10(8)11(13)20)21(18,19)15-5-7-17-6-4-14-16-17/h1-4,6,15H,5,7H2,(H2,13,20). The number of hydrogen-bond donors (Lipinski definition) is 2. The molecule has 0 unspecified atom stereocenters. The maximum atomic E-state index is 13.7. The number of hydrogen-bond acceptors (Lipinski definition) is 5. The monoisotopic (exact) mass is 329 g/mol. The highest BCUT2D eigenvalue weighted by Crippen LogP contribution is 2.18. The highest BCUT2D eigenvalue weighted by atomic mass is 32.2. The third-order valence-corrected chi connectivity index (χ3v) is 4.32. The minimum Gasteiger partial charge on any atom is -0.389 e. The Bertz CT molecular complexity index is 746. The number of nitrogens with one attached hydrogen (secondary N) is 1. The molecule has 0 bridgehead atoms. The normalized spacial score (nSPS) is 11.5. The van der Waals surface area contributed by atoms with E-state index in [0.29, 0.717) is 0 Å². The summed E-state index contributed by atoms with van der Waals surface area (Å²) in [5.41, 5.74) is 5.10. The van der Waals surface area contributed by atoms with E-state index in [4.69, 9.17) is 18.0 Å². The van der Waals surface area contributed by atoms with Crippen LogP contribution < -0.4 is 10.5 Å². The number of sulfonamides is 1. The lowest BCUT2D eigenvalue weighted by molar-refractivity contribution is 0.551. The lowest BCUT2D eigenvalue weighted by Gasteiger charge is -2.11. The number of benzene rings is 1. The average molecular weight is 329 g/mol. The van der Waals surface area contributed by atoms with Crippen LogP contribution in [0.4, 0.5) is 4.39 Å². The summed E-state index contributed by atoms with van der Waals surface area (Å²) >= 11 is 4.71. The molecule has 0 aliphatic rings. The maximum Gasteiger partial charge on any atom is 0.241 e. The van der Waals surface area contributed by atoms with Crippen LogP contribution >= 0.6 is 12.2 Å². The first-order chi connectivity index (χ1) is 9.92. The van der Waals surface area contributed by atoms with Gasteiger partial charge in [0.1, 0.15) is 10.8 Å². The molecule has 2 aromatic rings. The predicted octanol–water partition coefficient (Wildman–Crippen LogP) is 0.0299. The van der Waals surface area contributed by atoms with Crippen molar-refractivity contribution in [3.05, 3.63) is 42.0 Å². The molecule has 21 heavy (non-hydrogen) atoms. The first kappa shape index (κ1) is 15.5. The van der Waals surface area contributed by atoms with Crippen LogP contribution in [0, 0.1) is 5.82 Å². The second-order valence-electron chi connectivity index (χ2n) is 4.04. The zero-order chi connectivity index (χ0) is 15.5. The number of nitrogens with zero attached hydrogens (tertiary/aromatic N) is 3. The first-order valence-electron chi connectivity index (χ1n) is 5.84. The van der Waals surface area contributed by atoms with E-state index >= 15 is 0 Å². The minimum absolute atomic E-state index is 0.0684. The fraction of sp³-hybridized carbons (Fsp3) is 0.182. The van der Waals surface area contributed by atoms with Crippen molar-refractivity contribution in [3.63, 3.8) is 0 Å². The Morgan fingerprint density at radius 2 is 2.24 bits per heavy atom. The Morgan fingerprint density at radius 1 is 1.48 bits per heavy atom. The summed E-state index contributed by atoms with van der Waals surface area (Å²) < 4.78 is 41.9. The van der Waals surface area contributed by atoms with Gasteiger partial charge in [0.25, 0.3) is 0 Å². The molecule has 0 aliphatic carbocycles. The Balaban J connectivity index is 2.20. The van der Waals surface area contributed by atoms with E-state index in [-0.39, 0.29) is 28.5 Å². The van der Waals surface area contributed by atoms with Crippen LogP contribution in [0.25, 0.3) is 0 Å². The molecule has 0 atom stereocenters. The molecular formula is C11H12FN5O2S2. The van der Waals surface area contributed by atoms with E-state index in [1.54, 1.807) is 6.20 Å². The Morgan fingerprint density at radius 3 is 2.86 bits per heavy atom. The van der Waals surface area contributed by atoms with Crippen molar-refractivity contribution in [1.29, 1.82) is 0 Å². The van der Waals surface area contributed by atoms with Crippen molar-refractivity contribution >= 4 is 27.2 Å². The molecule has 1 aromatic carbocycles. The van der Waals surface area contributed by atoms with Gasteiger partial charge in [-0.05, 0) is 12.1 Å². The molecule has 1 heterocycles. The van der Waals surface area contributed by atoms with Gasteiger partial charge in [0.2, 0.25) is 10.0 Å². The van der Waals surface area contributed by atoms with Crippen LogP contribution in [0.2, 0.25) is 0 Å². The van der Waals surface area contributed by atoms with Crippen molar-refractivity contribution in [1.82, 2.24) is 19.7 Å². The summed E-state index contributed by atoms with van der Waals surface area (Å²) in [7, 11) is -3.93. The van der Waals surface area contributed by atoms with Crippen LogP contribution in [0.15, 0.2) is 35.5 Å². The van der Waals surface area contributed by atoms with Crippen LogP contribution in [-0.2, 0) is 16.6 Å². The zero-order valence-electron chi connectivity index (χ0n) is 10.7. The Labute approximate surface area is 126 Å². The van der Waals surface area contributed by atoms with Crippen molar-refractivity contribution in [2.45, 2.75) is 11.4 Å². The second-order valence-corrected chi connectivity index (χ2v) is 6.22. The van der Waals surface area contributed by atoms with Gasteiger partial charge in [0.15, 0.2) is 0 Å². The smallest absolute Gasteiger partial charge is 0.241 e. The summed E-state index contributed by atoms with van der Waals surface area (Å²) in [5.74, 6) is -0.776. The molecule has 0 amide bonds. The van der Waals surface area contributed by atoms with Gasteiger partial charge in [-0.15, -0.1) is 5.10 Å². The molecule has 0 aliphatic heterocycles. The van der Waals surface area contributed by atoms with Gasteiger partial charge in [-0.1, -0.05) is 23.5 Å². The molecule has 0 saturated heterocycles. The lowest BCUT2D eigenvalue weighted by Crippen LogP contribution is -2.30. The highest BCUT2D eigenvalue weighted by Gasteiger charge is 2.22. The molecule has 3 N–H and O–H groups in total. The fourth-order valence-electron chi connectivity index (χ4n) is 1.69. The SMILES string of the molecule is NC(=S)c1c(F)cccc1S(=O)(=O)NCCn1ccnn1. The molecule has 0 fully saturated rings. The minimum atomic E-state index is -3.93. The summed E-state index contributed by atoms with van der Waals surface area (Å²) in [6.07, 6.45) is 3.07. The van der Waals surface area contributed by atoms with Crippen molar-refractivity contribution in [2.75, 3.05) is 6.54 Å².